The number of nitrogens with two attached hydrogens (primary N) is 1. The molecule has 0 saturated carbocycles. The smallest absolute Gasteiger partial charge is 0.348 e. The van der Waals surface area contributed by atoms with Crippen LogP contribution in [0.25, 0.3) is 0 Å². The summed E-state index contributed by atoms with van der Waals surface area (Å²) < 4.78 is 19.8. The average Bonchev–Trinajstić information content (AvgIpc) is 3.51. The molecule has 2 N–H and O–H groups in total. The van der Waals surface area contributed by atoms with Gasteiger partial charge >= 0.3 is 11.9 Å². The Labute approximate surface area is 242 Å². The molecule has 2 bridgehead atoms. The van der Waals surface area contributed by atoms with E-state index in [1.165, 1.54) is 43.3 Å². The summed E-state index contributed by atoms with van der Waals surface area (Å²) in [4.78, 5) is 27.2. The van der Waals surface area contributed by atoms with Gasteiger partial charge < -0.3 is 24.4 Å². The second-order valence-corrected chi connectivity index (χ2v) is 12.6. The van der Waals surface area contributed by atoms with E-state index >= 15 is 0 Å². The first kappa shape index (κ1) is 29.1. The highest BCUT2D eigenvalue weighted by Gasteiger charge is 2.57. The number of quaternary nitrogens is 1. The van der Waals surface area contributed by atoms with Crippen molar-refractivity contribution in [3.63, 3.8) is 0 Å². The lowest BCUT2D eigenvalue weighted by Gasteiger charge is -2.47. The molecule has 8 heteroatoms. The number of benzene rings is 2. The largest absolute Gasteiger partial charge is 0.459 e. The van der Waals surface area contributed by atoms with Crippen LogP contribution < -0.4 is 5.73 Å². The van der Waals surface area contributed by atoms with Gasteiger partial charge in [0.15, 0.2) is 0 Å². The third-order valence-electron chi connectivity index (χ3n) is 9.24. The van der Waals surface area contributed by atoms with Crippen molar-refractivity contribution in [2.75, 3.05) is 25.1 Å². The van der Waals surface area contributed by atoms with E-state index in [0.29, 0.717) is 29.6 Å². The number of carbonyl (C=O) groups is 2. The van der Waals surface area contributed by atoms with Crippen LogP contribution in [0.15, 0.2) is 60.7 Å². The Bertz CT molecular complexity index is 1090. The van der Waals surface area contributed by atoms with Crippen LogP contribution in [-0.4, -0.2) is 72.0 Å². The average molecular weight is 568 g/mol. The number of hydrogen-bond donors (Lipinski definition) is 1. The van der Waals surface area contributed by atoms with Crippen LogP contribution in [0.4, 0.5) is 0 Å². The lowest BCUT2D eigenvalue weighted by atomic mass is 9.85. The van der Waals surface area contributed by atoms with Crippen LogP contribution in [0.3, 0.4) is 0 Å². The van der Waals surface area contributed by atoms with E-state index in [4.69, 9.17) is 19.9 Å². The first-order valence-corrected chi connectivity index (χ1v) is 16.1. The van der Waals surface area contributed by atoms with Crippen molar-refractivity contribution in [1.82, 2.24) is 0 Å². The minimum atomic E-state index is -1.61. The van der Waals surface area contributed by atoms with Gasteiger partial charge in [0.05, 0.1) is 25.2 Å². The molecule has 3 fully saturated rings. The van der Waals surface area contributed by atoms with Crippen molar-refractivity contribution < 1.29 is 28.3 Å². The van der Waals surface area contributed by atoms with Crippen LogP contribution >= 0.6 is 11.8 Å². The first-order valence-electron chi connectivity index (χ1n) is 14.7. The van der Waals surface area contributed by atoms with E-state index in [1.54, 1.807) is 18.7 Å². The third kappa shape index (κ3) is 5.69. The van der Waals surface area contributed by atoms with Crippen LogP contribution in [0, 0.1) is 0 Å². The fraction of sp³-hybridized carbons (Fsp3) is 0.562. The summed E-state index contributed by atoms with van der Waals surface area (Å²) in [6.07, 6.45) is 8.05. The van der Waals surface area contributed by atoms with Crippen molar-refractivity contribution >= 4 is 23.7 Å². The van der Waals surface area contributed by atoms with E-state index in [1.807, 2.05) is 66.9 Å². The standard InChI is InChI=1S/C32H43N2O5S/c1-23(37-30(35)29(33)17-20-40-2)39-32(24-11-5-3-6-12-24,25-13-7-4-8-14-25)31(36)38-28-21-26-15-16-27(22-28)34(26)18-9-10-19-34/h3-8,11-14,23,26-29H,9-10,15-22,33H2,1-2H3/q+1/t23?,26?,27?,28?,29-/m0/s1. The molecule has 0 aliphatic carbocycles. The van der Waals surface area contributed by atoms with Gasteiger partial charge in [-0.1, -0.05) is 60.7 Å². The van der Waals surface area contributed by atoms with E-state index in [-0.39, 0.29) is 6.10 Å². The molecule has 7 nitrogen and oxygen atoms in total. The van der Waals surface area contributed by atoms with E-state index in [0.717, 1.165) is 18.6 Å². The fourth-order valence-corrected chi connectivity index (χ4v) is 7.85. The molecule has 3 heterocycles. The summed E-state index contributed by atoms with van der Waals surface area (Å²) >= 11 is 1.62. The zero-order valence-electron chi connectivity index (χ0n) is 23.7. The predicted molar refractivity (Wildman–Crippen MR) is 156 cm³/mol. The summed E-state index contributed by atoms with van der Waals surface area (Å²) in [5.74, 6) is -0.272. The van der Waals surface area contributed by atoms with Crippen molar-refractivity contribution in [2.45, 2.75) is 88.0 Å². The summed E-state index contributed by atoms with van der Waals surface area (Å²) in [6, 6.07) is 19.1. The molecule has 4 atom stereocenters. The monoisotopic (exact) mass is 567 g/mol. The van der Waals surface area contributed by atoms with Crippen molar-refractivity contribution in [3.8, 4) is 0 Å². The number of rotatable bonds is 11. The molecule has 216 valence electrons. The van der Waals surface area contributed by atoms with Crippen LogP contribution in [0.5, 0.6) is 0 Å². The summed E-state index contributed by atoms with van der Waals surface area (Å²) in [7, 11) is 0. The molecule has 2 aromatic carbocycles. The normalized spacial score (nSPS) is 24.9. The van der Waals surface area contributed by atoms with Crippen molar-refractivity contribution in [1.29, 1.82) is 0 Å². The van der Waals surface area contributed by atoms with Crippen molar-refractivity contribution in [3.05, 3.63) is 71.8 Å². The van der Waals surface area contributed by atoms with Gasteiger partial charge in [0.1, 0.15) is 12.1 Å². The number of carbonyl (C=O) groups excluding carboxylic acids is 2. The second-order valence-electron chi connectivity index (χ2n) is 11.6. The lowest BCUT2D eigenvalue weighted by Crippen LogP contribution is -2.60. The molecule has 3 aliphatic rings. The molecule has 40 heavy (non-hydrogen) atoms. The molecule has 1 spiro atoms. The van der Waals surface area contributed by atoms with Crippen LogP contribution in [-0.2, 0) is 29.4 Å². The Morgan fingerprint density at radius 3 is 2.05 bits per heavy atom. The van der Waals surface area contributed by atoms with Gasteiger partial charge in [0.2, 0.25) is 11.9 Å². The Balaban J connectivity index is 1.42. The second kappa shape index (κ2) is 12.6. The van der Waals surface area contributed by atoms with Crippen LogP contribution in [0.2, 0.25) is 0 Å². The summed E-state index contributed by atoms with van der Waals surface area (Å²) in [5.41, 5.74) is 5.71. The Kier molecular flexibility index (Phi) is 9.20. The number of ether oxygens (including phenoxy) is 3. The SMILES string of the molecule is CSCC[C@H](N)C(=O)OC(C)OC(C(=O)OC1CC2CCC(C1)[N+]21CCCC1)(c1ccccc1)c1ccccc1. The van der Waals surface area contributed by atoms with Gasteiger partial charge in [0.25, 0.3) is 0 Å². The van der Waals surface area contributed by atoms with E-state index in [9.17, 15) is 9.59 Å². The quantitative estimate of drug-likeness (QED) is 0.238. The predicted octanol–water partition coefficient (Wildman–Crippen LogP) is 4.76. The third-order valence-corrected chi connectivity index (χ3v) is 9.88. The molecule has 3 unspecified atom stereocenters. The Morgan fingerprint density at radius 1 is 0.975 bits per heavy atom. The highest BCUT2D eigenvalue weighted by atomic mass is 32.2. The van der Waals surface area contributed by atoms with Gasteiger partial charge in [-0.05, 0) is 36.5 Å². The fourth-order valence-electron chi connectivity index (χ4n) is 7.36. The molecule has 0 aromatic heterocycles. The Morgan fingerprint density at radius 2 is 1.52 bits per heavy atom. The molecule has 5 rings (SSSR count). The minimum Gasteiger partial charge on any atom is -0.459 e. The Hall–Kier alpha value is -2.39. The summed E-state index contributed by atoms with van der Waals surface area (Å²) in [5, 5.41) is 0. The topological polar surface area (TPSA) is 87.9 Å². The maximum atomic E-state index is 14.5. The van der Waals surface area contributed by atoms with E-state index in [2.05, 4.69) is 0 Å². The first-order chi connectivity index (χ1) is 19.4. The molecule has 0 radical (unpaired) electrons. The molecule has 0 amide bonds. The van der Waals surface area contributed by atoms with Gasteiger partial charge in [-0.2, -0.15) is 11.8 Å². The molecule has 3 aliphatic heterocycles. The zero-order chi connectivity index (χ0) is 28.2. The van der Waals surface area contributed by atoms with Gasteiger partial charge in [0, 0.05) is 38.5 Å². The van der Waals surface area contributed by atoms with Gasteiger partial charge in [-0.25, -0.2) is 4.79 Å². The molecular formula is C32H43N2O5S+. The number of piperidine rings is 1. The maximum Gasteiger partial charge on any atom is 0.348 e. The molecule has 3 saturated heterocycles. The lowest BCUT2D eigenvalue weighted by molar-refractivity contribution is -0.956. The number of thioether (sulfide) groups is 1. The molecular weight excluding hydrogens is 524 g/mol. The van der Waals surface area contributed by atoms with Gasteiger partial charge in [-0.3, -0.25) is 4.79 Å². The highest BCUT2D eigenvalue weighted by molar-refractivity contribution is 7.98. The van der Waals surface area contributed by atoms with E-state index < -0.39 is 29.9 Å². The number of hydrogen-bond acceptors (Lipinski definition) is 7. The zero-order valence-corrected chi connectivity index (χ0v) is 24.5. The van der Waals surface area contributed by atoms with Crippen LogP contribution in [0.1, 0.15) is 63.0 Å². The maximum absolute atomic E-state index is 14.5. The summed E-state index contributed by atoms with van der Waals surface area (Å²) in [6.45, 7) is 4.16. The number of nitrogens with zero attached hydrogens (tertiary/aromatic N) is 1. The highest BCUT2D eigenvalue weighted by Crippen LogP contribution is 2.47. The van der Waals surface area contributed by atoms with Crippen molar-refractivity contribution in [2.24, 2.45) is 5.73 Å². The van der Waals surface area contributed by atoms with Gasteiger partial charge in [-0.15, -0.1) is 0 Å². The molecule has 2 aromatic rings. The number of esters is 2. The minimum absolute atomic E-state index is 0.164.